The van der Waals surface area contributed by atoms with Crippen molar-refractivity contribution in [3.63, 3.8) is 0 Å². The number of nitrogens with two attached hydrogens (primary N) is 1. The zero-order valence-corrected chi connectivity index (χ0v) is 19.3. The molecule has 1 aromatic heterocycles. The van der Waals surface area contributed by atoms with E-state index in [1.54, 1.807) is 6.92 Å². The van der Waals surface area contributed by atoms with Gasteiger partial charge in [0.05, 0.1) is 17.2 Å². The van der Waals surface area contributed by atoms with Crippen molar-refractivity contribution in [2.45, 2.75) is 19.1 Å². The molecule has 0 radical (unpaired) electrons. The van der Waals surface area contributed by atoms with Gasteiger partial charge in [-0.1, -0.05) is 6.07 Å². The Morgan fingerprint density at radius 3 is 2.47 bits per heavy atom. The van der Waals surface area contributed by atoms with Crippen LogP contribution in [0.3, 0.4) is 0 Å². The molecule has 1 atom stereocenters. The molecule has 2 heterocycles. The molecular weight excluding hydrogens is 513 g/mol. The average Bonchev–Trinajstić information content (AvgIpc) is 3.41. The smallest absolute Gasteiger partial charge is 0.364 e. The first-order chi connectivity index (χ1) is 17.8. The number of carbonyl (C=O) groups is 3. The Balaban J connectivity index is 1.71. The number of hydrogen-bond acceptors (Lipinski definition) is 4. The summed E-state index contributed by atoms with van der Waals surface area (Å²) in [6, 6.07) is 5.49. The van der Waals surface area contributed by atoms with Crippen LogP contribution >= 0.6 is 0 Å². The van der Waals surface area contributed by atoms with Crippen LogP contribution in [0.15, 0.2) is 42.5 Å². The Morgan fingerprint density at radius 1 is 1.05 bits per heavy atom. The summed E-state index contributed by atoms with van der Waals surface area (Å²) in [5.74, 6) is -4.62. The molecule has 1 aliphatic heterocycles. The lowest BCUT2D eigenvalue weighted by Crippen LogP contribution is -2.21. The predicted molar refractivity (Wildman–Crippen MR) is 124 cm³/mol. The second kappa shape index (κ2) is 8.64. The van der Waals surface area contributed by atoms with Gasteiger partial charge in [-0.25, -0.2) is 8.78 Å². The Hall–Kier alpha value is -4.81. The van der Waals surface area contributed by atoms with Gasteiger partial charge in [0, 0.05) is 22.2 Å². The highest BCUT2D eigenvalue weighted by atomic mass is 19.4. The van der Waals surface area contributed by atoms with Crippen molar-refractivity contribution < 1.29 is 36.3 Å². The molecule has 0 saturated heterocycles. The number of nitrogens with one attached hydrogen (secondary N) is 3. The highest BCUT2D eigenvalue weighted by Gasteiger charge is 2.38. The SMILES string of the molecule is Cc1ccc(F)cc1C1NC(=O)c2c1c(NC(=O)c1cc(F)cc(C(F)(F)F)c1)cc1c(C(N)=O)[nH]nc21. The molecule has 5 rings (SSSR count). The number of nitrogens with zero attached hydrogens (tertiary/aromatic N) is 1. The van der Waals surface area contributed by atoms with Crippen molar-refractivity contribution in [3.8, 4) is 0 Å². The van der Waals surface area contributed by atoms with Crippen molar-refractivity contribution in [2.24, 2.45) is 5.73 Å². The number of anilines is 1. The Labute approximate surface area is 210 Å². The molecule has 1 unspecified atom stereocenters. The third kappa shape index (κ3) is 4.11. The van der Waals surface area contributed by atoms with Crippen LogP contribution in [-0.2, 0) is 6.18 Å². The van der Waals surface area contributed by atoms with E-state index in [9.17, 15) is 36.3 Å². The van der Waals surface area contributed by atoms with Gasteiger partial charge in [-0.2, -0.15) is 18.3 Å². The van der Waals surface area contributed by atoms with Crippen LogP contribution in [0.2, 0.25) is 0 Å². The zero-order chi connectivity index (χ0) is 27.5. The maximum absolute atomic E-state index is 14.1. The minimum absolute atomic E-state index is 0.0333. The van der Waals surface area contributed by atoms with Crippen LogP contribution < -0.4 is 16.4 Å². The molecule has 8 nitrogen and oxygen atoms in total. The molecule has 0 fully saturated rings. The number of aryl methyl sites for hydroxylation is 1. The minimum Gasteiger partial charge on any atom is -0.364 e. The molecule has 1 aliphatic rings. The molecular formula is C25H16F5N5O3. The number of carbonyl (C=O) groups excluding carboxylic acids is 3. The Morgan fingerprint density at radius 2 is 1.79 bits per heavy atom. The molecule has 194 valence electrons. The predicted octanol–water partition coefficient (Wildman–Crippen LogP) is 4.35. The van der Waals surface area contributed by atoms with E-state index in [4.69, 9.17) is 5.73 Å². The number of hydrogen-bond donors (Lipinski definition) is 4. The first-order valence-electron chi connectivity index (χ1n) is 11.0. The fourth-order valence-electron chi connectivity index (χ4n) is 4.50. The van der Waals surface area contributed by atoms with Crippen molar-refractivity contribution in [2.75, 3.05) is 5.32 Å². The summed E-state index contributed by atoms with van der Waals surface area (Å²) in [5, 5.41) is 11.6. The molecule has 3 amide bonds. The standard InChI is InChI=1S/C25H16F5N5O3/c1-9-2-3-12(26)7-14(9)19-17-16(32-23(37)10-4-11(25(28,29)30)6-13(27)5-10)8-15-20(18(17)24(38)33-19)34-35-21(15)22(31)36/h2-8,19H,1H3,(H2,31,36)(H,32,37)(H,33,38)(H,34,35). The fraction of sp³-hybridized carbons (Fsp3) is 0.120. The molecule has 4 aromatic rings. The van der Waals surface area contributed by atoms with E-state index < -0.39 is 52.7 Å². The maximum atomic E-state index is 14.1. The first-order valence-corrected chi connectivity index (χ1v) is 11.0. The number of halogens is 5. The highest BCUT2D eigenvalue weighted by molar-refractivity contribution is 6.17. The van der Waals surface area contributed by atoms with Crippen LogP contribution in [-0.4, -0.2) is 27.9 Å². The van der Waals surface area contributed by atoms with Gasteiger partial charge in [0.25, 0.3) is 17.7 Å². The van der Waals surface area contributed by atoms with Crippen LogP contribution in [0, 0.1) is 18.6 Å². The van der Waals surface area contributed by atoms with Crippen LogP contribution in [0.1, 0.15) is 59.5 Å². The van der Waals surface area contributed by atoms with Gasteiger partial charge in [0.2, 0.25) is 0 Å². The lowest BCUT2D eigenvalue weighted by atomic mass is 9.92. The van der Waals surface area contributed by atoms with E-state index in [1.807, 2.05) is 0 Å². The number of primary amides is 1. The third-order valence-corrected chi connectivity index (χ3v) is 6.21. The molecule has 0 bridgehead atoms. The van der Waals surface area contributed by atoms with Gasteiger partial charge in [-0.05, 0) is 54.4 Å². The number of benzene rings is 3. The Bertz CT molecular complexity index is 1680. The molecule has 38 heavy (non-hydrogen) atoms. The van der Waals surface area contributed by atoms with Gasteiger partial charge in [0.1, 0.15) is 22.8 Å². The number of aromatic amines is 1. The monoisotopic (exact) mass is 529 g/mol. The molecule has 0 saturated carbocycles. The number of aromatic nitrogens is 2. The van der Waals surface area contributed by atoms with Crippen LogP contribution in [0.4, 0.5) is 27.6 Å². The number of alkyl halides is 3. The summed E-state index contributed by atoms with van der Waals surface area (Å²) >= 11 is 0. The lowest BCUT2D eigenvalue weighted by molar-refractivity contribution is -0.137. The summed E-state index contributed by atoms with van der Waals surface area (Å²) in [6.07, 6.45) is -4.92. The van der Waals surface area contributed by atoms with E-state index in [0.717, 1.165) is 0 Å². The van der Waals surface area contributed by atoms with E-state index in [1.165, 1.54) is 24.3 Å². The largest absolute Gasteiger partial charge is 0.416 e. The summed E-state index contributed by atoms with van der Waals surface area (Å²) in [5.41, 5.74) is 4.08. The number of H-pyrrole nitrogens is 1. The average molecular weight is 529 g/mol. The van der Waals surface area contributed by atoms with Gasteiger partial charge in [0.15, 0.2) is 0 Å². The van der Waals surface area contributed by atoms with E-state index in [-0.39, 0.29) is 39.5 Å². The van der Waals surface area contributed by atoms with Gasteiger partial charge < -0.3 is 16.4 Å². The quantitative estimate of drug-likeness (QED) is 0.293. The highest BCUT2D eigenvalue weighted by Crippen LogP contribution is 2.42. The number of amides is 3. The van der Waals surface area contributed by atoms with Crippen molar-refractivity contribution in [3.05, 3.63) is 93.2 Å². The van der Waals surface area contributed by atoms with Gasteiger partial charge in [-0.15, -0.1) is 0 Å². The first kappa shape index (κ1) is 24.9. The van der Waals surface area contributed by atoms with Gasteiger partial charge >= 0.3 is 6.18 Å². The van der Waals surface area contributed by atoms with E-state index in [0.29, 0.717) is 23.3 Å². The summed E-state index contributed by atoms with van der Waals surface area (Å²) in [4.78, 5) is 38.1. The van der Waals surface area contributed by atoms with Crippen LogP contribution in [0.5, 0.6) is 0 Å². The molecule has 13 heteroatoms. The summed E-state index contributed by atoms with van der Waals surface area (Å²) in [6.45, 7) is 1.67. The minimum atomic E-state index is -4.92. The second-order valence-corrected chi connectivity index (χ2v) is 8.66. The van der Waals surface area contributed by atoms with E-state index in [2.05, 4.69) is 20.8 Å². The molecule has 0 spiro atoms. The van der Waals surface area contributed by atoms with Crippen molar-refractivity contribution in [1.29, 1.82) is 0 Å². The topological polar surface area (TPSA) is 130 Å². The van der Waals surface area contributed by atoms with Crippen molar-refractivity contribution >= 4 is 34.3 Å². The molecule has 5 N–H and O–H groups in total. The number of fused-ring (bicyclic) bond motifs is 3. The molecule has 3 aromatic carbocycles. The van der Waals surface area contributed by atoms with Crippen LogP contribution in [0.25, 0.3) is 10.9 Å². The van der Waals surface area contributed by atoms with E-state index >= 15 is 0 Å². The molecule has 0 aliphatic carbocycles. The summed E-state index contributed by atoms with van der Waals surface area (Å²) in [7, 11) is 0. The number of rotatable bonds is 4. The second-order valence-electron chi connectivity index (χ2n) is 8.66. The fourth-order valence-corrected chi connectivity index (χ4v) is 4.50. The maximum Gasteiger partial charge on any atom is 0.416 e. The zero-order valence-electron chi connectivity index (χ0n) is 19.3. The van der Waals surface area contributed by atoms with Crippen molar-refractivity contribution in [1.82, 2.24) is 15.5 Å². The third-order valence-electron chi connectivity index (χ3n) is 6.21. The summed E-state index contributed by atoms with van der Waals surface area (Å²) < 4.78 is 67.7. The lowest BCUT2D eigenvalue weighted by Gasteiger charge is -2.19. The van der Waals surface area contributed by atoms with Gasteiger partial charge in [-0.3, -0.25) is 19.5 Å². The Kier molecular flexibility index (Phi) is 5.66. The normalized spacial score (nSPS) is 14.9.